The van der Waals surface area contributed by atoms with Crippen molar-refractivity contribution in [1.29, 1.82) is 0 Å². The van der Waals surface area contributed by atoms with Crippen LogP contribution in [0.15, 0.2) is 71.7 Å². The zero-order valence-electron chi connectivity index (χ0n) is 10.1. The van der Waals surface area contributed by atoms with E-state index in [-0.39, 0.29) is 0 Å². The number of rotatable bonds is 3. The molecule has 0 atom stereocenters. The molecule has 0 saturated carbocycles. The van der Waals surface area contributed by atoms with Crippen LogP contribution in [-0.4, -0.2) is 0 Å². The lowest BCUT2D eigenvalue weighted by Gasteiger charge is -2.00. The number of nitrogens with zero attached hydrogens (tertiary/aromatic N) is 1. The molecule has 4 heteroatoms. The SMILES string of the molecule is c1ccc(N=c2cc(Nc3ccccc3)ss2)cc1. The molecule has 2 nitrogen and oxygen atoms in total. The summed E-state index contributed by atoms with van der Waals surface area (Å²) in [5.41, 5.74) is 2.09. The fourth-order valence-electron chi connectivity index (χ4n) is 1.65. The van der Waals surface area contributed by atoms with Crippen molar-refractivity contribution in [1.82, 2.24) is 0 Å². The zero-order chi connectivity index (χ0) is 12.9. The molecule has 0 aliphatic heterocycles. The normalized spacial score (nSPS) is 11.5. The highest BCUT2D eigenvalue weighted by molar-refractivity contribution is 7.70. The Bertz CT molecular complexity index is 700. The molecule has 19 heavy (non-hydrogen) atoms. The Kier molecular flexibility index (Phi) is 3.72. The van der Waals surface area contributed by atoms with Crippen molar-refractivity contribution in [2.24, 2.45) is 4.99 Å². The zero-order valence-corrected chi connectivity index (χ0v) is 11.7. The van der Waals surface area contributed by atoms with E-state index in [4.69, 9.17) is 0 Å². The Morgan fingerprint density at radius 2 is 1.47 bits per heavy atom. The van der Waals surface area contributed by atoms with Gasteiger partial charge in [-0.25, -0.2) is 4.99 Å². The lowest BCUT2D eigenvalue weighted by molar-refractivity contribution is 1.41. The molecule has 3 aromatic rings. The molecule has 0 bridgehead atoms. The summed E-state index contributed by atoms with van der Waals surface area (Å²) in [6.45, 7) is 0. The Labute approximate surface area is 119 Å². The smallest absolute Gasteiger partial charge is 0.129 e. The van der Waals surface area contributed by atoms with Crippen LogP contribution in [0, 0.1) is 0 Å². The Balaban J connectivity index is 1.82. The van der Waals surface area contributed by atoms with Crippen LogP contribution in [0.3, 0.4) is 0 Å². The molecule has 0 unspecified atom stereocenters. The van der Waals surface area contributed by atoms with Gasteiger partial charge >= 0.3 is 0 Å². The van der Waals surface area contributed by atoms with Gasteiger partial charge in [-0.15, -0.1) is 0 Å². The molecule has 2 aromatic carbocycles. The second-order valence-corrected chi connectivity index (χ2v) is 6.14. The third kappa shape index (κ3) is 3.30. The predicted molar refractivity (Wildman–Crippen MR) is 83.6 cm³/mol. The largest absolute Gasteiger partial charge is 0.347 e. The fraction of sp³-hybridized carbons (Fsp3) is 0. The van der Waals surface area contributed by atoms with Crippen LogP contribution in [0.5, 0.6) is 0 Å². The van der Waals surface area contributed by atoms with Gasteiger partial charge < -0.3 is 5.32 Å². The topological polar surface area (TPSA) is 24.4 Å². The van der Waals surface area contributed by atoms with Gasteiger partial charge in [0.2, 0.25) is 0 Å². The second kappa shape index (κ2) is 5.82. The van der Waals surface area contributed by atoms with E-state index >= 15 is 0 Å². The number of hydrogen-bond acceptors (Lipinski definition) is 4. The van der Waals surface area contributed by atoms with Gasteiger partial charge in [-0.2, -0.15) is 0 Å². The molecule has 0 saturated heterocycles. The van der Waals surface area contributed by atoms with Crippen molar-refractivity contribution < 1.29 is 0 Å². The van der Waals surface area contributed by atoms with Gasteiger partial charge in [-0.1, -0.05) is 57.1 Å². The van der Waals surface area contributed by atoms with Crippen molar-refractivity contribution in [3.05, 3.63) is 71.4 Å². The maximum absolute atomic E-state index is 4.59. The summed E-state index contributed by atoms with van der Waals surface area (Å²) >= 11 is 0. The number of hydrogen-bond donors (Lipinski definition) is 1. The first-order valence-corrected chi connectivity index (χ1v) is 8.07. The predicted octanol–water partition coefficient (Wildman–Crippen LogP) is 4.79. The van der Waals surface area contributed by atoms with Crippen molar-refractivity contribution in [2.45, 2.75) is 0 Å². The van der Waals surface area contributed by atoms with E-state index in [1.54, 1.807) is 20.7 Å². The van der Waals surface area contributed by atoms with Crippen LogP contribution < -0.4 is 9.99 Å². The molecule has 0 radical (unpaired) electrons. The molecule has 0 aliphatic rings. The Morgan fingerprint density at radius 3 is 2.21 bits per heavy atom. The third-order valence-electron chi connectivity index (χ3n) is 2.51. The average molecular weight is 284 g/mol. The molecule has 1 aromatic heterocycles. The molecular weight excluding hydrogens is 272 g/mol. The first kappa shape index (κ1) is 12.1. The third-order valence-corrected chi connectivity index (χ3v) is 4.67. The first-order chi connectivity index (χ1) is 9.40. The number of para-hydroxylation sites is 2. The molecule has 1 heterocycles. The van der Waals surface area contributed by atoms with Gasteiger partial charge in [0.1, 0.15) is 9.67 Å². The maximum atomic E-state index is 4.59. The fourth-order valence-corrected chi connectivity index (χ4v) is 3.58. The van der Waals surface area contributed by atoms with E-state index in [0.717, 1.165) is 21.0 Å². The molecule has 0 fully saturated rings. The number of nitrogens with one attached hydrogen (secondary N) is 1. The standard InChI is InChI=1S/C15H12N2S2/c1-3-7-12(8-4-1)16-14-11-15(19-18-14)17-13-9-5-2-6-10-13/h1-11,16H. The Hall–Kier alpha value is -1.91. The number of benzene rings is 2. The van der Waals surface area contributed by atoms with Gasteiger partial charge in [-0.3, -0.25) is 0 Å². The highest BCUT2D eigenvalue weighted by atomic mass is 32.9. The second-order valence-electron chi connectivity index (χ2n) is 3.95. The Morgan fingerprint density at radius 1 is 0.789 bits per heavy atom. The summed E-state index contributed by atoms with van der Waals surface area (Å²) in [6, 6.07) is 22.3. The molecule has 0 spiro atoms. The molecule has 0 aliphatic carbocycles. The van der Waals surface area contributed by atoms with Gasteiger partial charge in [-0.05, 0) is 24.3 Å². The van der Waals surface area contributed by atoms with E-state index in [2.05, 4.69) is 28.5 Å². The van der Waals surface area contributed by atoms with E-state index in [1.807, 2.05) is 48.5 Å². The summed E-state index contributed by atoms with van der Waals surface area (Å²) in [5.74, 6) is 0. The minimum absolute atomic E-state index is 0.989. The van der Waals surface area contributed by atoms with Crippen LogP contribution in [-0.2, 0) is 0 Å². The van der Waals surface area contributed by atoms with E-state index in [0.29, 0.717) is 0 Å². The lowest BCUT2D eigenvalue weighted by atomic mass is 10.3. The van der Waals surface area contributed by atoms with Crippen LogP contribution in [0.2, 0.25) is 0 Å². The lowest BCUT2D eigenvalue weighted by Crippen LogP contribution is -1.91. The summed E-state index contributed by atoms with van der Waals surface area (Å²) in [4.78, 5) is 4.59. The molecular formula is C15H12N2S2. The maximum Gasteiger partial charge on any atom is 0.129 e. The molecule has 94 valence electrons. The molecule has 0 amide bonds. The quantitative estimate of drug-likeness (QED) is 0.687. The van der Waals surface area contributed by atoms with Gasteiger partial charge in [0.15, 0.2) is 0 Å². The molecule has 3 rings (SSSR count). The van der Waals surface area contributed by atoms with Crippen LogP contribution >= 0.6 is 20.7 Å². The summed E-state index contributed by atoms with van der Waals surface area (Å²) in [5, 5.41) is 4.50. The van der Waals surface area contributed by atoms with Crippen molar-refractivity contribution in [2.75, 3.05) is 5.32 Å². The summed E-state index contributed by atoms with van der Waals surface area (Å²) < 4.78 is 1.02. The monoisotopic (exact) mass is 284 g/mol. The summed E-state index contributed by atoms with van der Waals surface area (Å²) in [7, 11) is 3.38. The van der Waals surface area contributed by atoms with Gasteiger partial charge in [0.05, 0.1) is 5.69 Å². The van der Waals surface area contributed by atoms with Gasteiger partial charge in [0.25, 0.3) is 0 Å². The van der Waals surface area contributed by atoms with Gasteiger partial charge in [0, 0.05) is 11.8 Å². The first-order valence-electron chi connectivity index (χ1n) is 5.92. The van der Waals surface area contributed by atoms with Crippen LogP contribution in [0.25, 0.3) is 0 Å². The van der Waals surface area contributed by atoms with Crippen molar-refractivity contribution in [3.8, 4) is 0 Å². The van der Waals surface area contributed by atoms with Crippen molar-refractivity contribution in [3.63, 3.8) is 0 Å². The average Bonchev–Trinajstić information content (AvgIpc) is 2.88. The van der Waals surface area contributed by atoms with Crippen LogP contribution in [0.1, 0.15) is 0 Å². The highest BCUT2D eigenvalue weighted by Crippen LogP contribution is 2.22. The van der Waals surface area contributed by atoms with E-state index in [1.165, 1.54) is 0 Å². The van der Waals surface area contributed by atoms with Crippen molar-refractivity contribution >= 4 is 37.1 Å². The van der Waals surface area contributed by atoms with E-state index < -0.39 is 0 Å². The van der Waals surface area contributed by atoms with E-state index in [9.17, 15) is 0 Å². The molecule has 1 N–H and O–H groups in total. The minimum atomic E-state index is 0.989. The minimum Gasteiger partial charge on any atom is -0.347 e. The number of anilines is 2. The summed E-state index contributed by atoms with van der Waals surface area (Å²) in [6.07, 6.45) is 0. The van der Waals surface area contributed by atoms with Crippen LogP contribution in [0.4, 0.5) is 16.4 Å². The highest BCUT2D eigenvalue weighted by Gasteiger charge is 1.97.